The number of nitrogens with zero attached hydrogens (tertiary/aromatic N) is 2. The maximum atomic E-state index is 12.0. The van der Waals surface area contributed by atoms with Crippen LogP contribution in [0.4, 0.5) is 0 Å². The fourth-order valence-corrected chi connectivity index (χ4v) is 2.74. The molecule has 1 aliphatic carbocycles. The molecule has 1 aromatic carbocycles. The van der Waals surface area contributed by atoms with E-state index in [1.165, 1.54) is 18.4 Å². The molecule has 0 bridgehead atoms. The van der Waals surface area contributed by atoms with Crippen molar-refractivity contribution < 1.29 is 0 Å². The lowest BCUT2D eigenvalue weighted by atomic mass is 9.96. The van der Waals surface area contributed by atoms with Crippen LogP contribution in [0.3, 0.4) is 0 Å². The molecule has 0 aliphatic heterocycles. The van der Waals surface area contributed by atoms with Crippen LogP contribution >= 0.6 is 0 Å². The van der Waals surface area contributed by atoms with Crippen molar-refractivity contribution in [2.75, 3.05) is 6.54 Å². The van der Waals surface area contributed by atoms with Gasteiger partial charge in [-0.15, -0.1) is 0 Å². The predicted octanol–water partition coefficient (Wildman–Crippen LogP) is 1.47. The third kappa shape index (κ3) is 1.83. The first-order valence-electron chi connectivity index (χ1n) is 6.63. The Morgan fingerprint density at radius 2 is 1.89 bits per heavy atom. The Balaban J connectivity index is 2.01. The minimum Gasteiger partial charge on any atom is -0.330 e. The highest BCUT2D eigenvalue weighted by atomic mass is 16.1. The molecule has 0 atom stereocenters. The zero-order valence-electron chi connectivity index (χ0n) is 11.4. The van der Waals surface area contributed by atoms with Crippen molar-refractivity contribution in [3.63, 3.8) is 0 Å². The molecule has 100 valence electrons. The van der Waals surface area contributed by atoms with Gasteiger partial charge in [0, 0.05) is 30.9 Å². The Morgan fingerprint density at radius 3 is 2.32 bits per heavy atom. The average Bonchev–Trinajstić information content (AvgIpc) is 3.16. The quantitative estimate of drug-likeness (QED) is 0.905. The first-order valence-corrected chi connectivity index (χ1v) is 6.63. The van der Waals surface area contributed by atoms with Crippen molar-refractivity contribution in [2.24, 2.45) is 12.8 Å². The van der Waals surface area contributed by atoms with Gasteiger partial charge in [0.2, 0.25) is 0 Å². The third-order valence-corrected chi connectivity index (χ3v) is 4.21. The fourth-order valence-electron chi connectivity index (χ4n) is 2.74. The summed E-state index contributed by atoms with van der Waals surface area (Å²) in [5.74, 6) is 0. The van der Waals surface area contributed by atoms with Crippen LogP contribution in [0.2, 0.25) is 0 Å². The third-order valence-electron chi connectivity index (χ3n) is 4.21. The number of rotatable bonds is 3. The second-order valence-electron chi connectivity index (χ2n) is 5.53. The highest BCUT2D eigenvalue weighted by Crippen LogP contribution is 2.47. The van der Waals surface area contributed by atoms with Crippen molar-refractivity contribution in [3.8, 4) is 5.69 Å². The SMILES string of the molecule is Cc1cn(C)c(=O)n1-c1ccc(C2(CN)CC2)cc1. The lowest BCUT2D eigenvalue weighted by Crippen LogP contribution is -2.22. The lowest BCUT2D eigenvalue weighted by molar-refractivity contribution is 0.704. The monoisotopic (exact) mass is 257 g/mol. The molecule has 0 spiro atoms. The zero-order valence-corrected chi connectivity index (χ0v) is 11.4. The van der Waals surface area contributed by atoms with Crippen LogP contribution in [0.5, 0.6) is 0 Å². The summed E-state index contributed by atoms with van der Waals surface area (Å²) in [7, 11) is 1.77. The molecule has 1 fully saturated rings. The highest BCUT2D eigenvalue weighted by Gasteiger charge is 2.42. The summed E-state index contributed by atoms with van der Waals surface area (Å²) in [4.78, 5) is 12.0. The summed E-state index contributed by atoms with van der Waals surface area (Å²) in [6.45, 7) is 2.65. The summed E-state index contributed by atoms with van der Waals surface area (Å²) in [6.07, 6.45) is 4.19. The lowest BCUT2D eigenvalue weighted by Gasteiger charge is -2.13. The molecular weight excluding hydrogens is 238 g/mol. The molecular formula is C15H19N3O. The van der Waals surface area contributed by atoms with E-state index >= 15 is 0 Å². The van der Waals surface area contributed by atoms with E-state index in [0.29, 0.717) is 6.54 Å². The van der Waals surface area contributed by atoms with Crippen LogP contribution in [0.25, 0.3) is 5.69 Å². The van der Waals surface area contributed by atoms with E-state index in [-0.39, 0.29) is 11.1 Å². The molecule has 0 radical (unpaired) electrons. The zero-order chi connectivity index (χ0) is 13.6. The molecule has 4 nitrogen and oxygen atoms in total. The molecule has 2 N–H and O–H groups in total. The van der Waals surface area contributed by atoms with E-state index < -0.39 is 0 Å². The molecule has 4 heteroatoms. The number of hydrogen-bond acceptors (Lipinski definition) is 2. The molecule has 1 aliphatic rings. The average molecular weight is 257 g/mol. The van der Waals surface area contributed by atoms with Crippen molar-refractivity contribution >= 4 is 0 Å². The summed E-state index contributed by atoms with van der Waals surface area (Å²) in [6, 6.07) is 8.24. The molecule has 19 heavy (non-hydrogen) atoms. The Bertz CT molecular complexity index is 660. The molecule has 2 aromatic rings. The first kappa shape index (κ1) is 12.2. The van der Waals surface area contributed by atoms with Crippen LogP contribution in [0, 0.1) is 6.92 Å². The summed E-state index contributed by atoms with van der Waals surface area (Å²) < 4.78 is 3.33. The number of imidazole rings is 1. The van der Waals surface area contributed by atoms with Gasteiger partial charge >= 0.3 is 5.69 Å². The summed E-state index contributed by atoms with van der Waals surface area (Å²) in [5.41, 5.74) is 9.19. The van der Waals surface area contributed by atoms with E-state index in [1.807, 2.05) is 25.3 Å². The number of hydrogen-bond donors (Lipinski definition) is 1. The predicted molar refractivity (Wildman–Crippen MR) is 75.7 cm³/mol. The second-order valence-corrected chi connectivity index (χ2v) is 5.53. The highest BCUT2D eigenvalue weighted by molar-refractivity contribution is 5.41. The number of aromatic nitrogens is 2. The Kier molecular flexibility index (Phi) is 2.64. The van der Waals surface area contributed by atoms with E-state index in [9.17, 15) is 4.79 Å². The molecule has 0 unspecified atom stereocenters. The summed E-state index contributed by atoms with van der Waals surface area (Å²) >= 11 is 0. The van der Waals surface area contributed by atoms with Gasteiger partial charge < -0.3 is 10.3 Å². The second kappa shape index (κ2) is 4.10. The van der Waals surface area contributed by atoms with Crippen molar-refractivity contribution in [3.05, 3.63) is 52.2 Å². The van der Waals surface area contributed by atoms with Gasteiger partial charge in [-0.2, -0.15) is 0 Å². The number of benzene rings is 1. The minimum absolute atomic E-state index is 0.00906. The fraction of sp³-hybridized carbons (Fsp3) is 0.400. The maximum Gasteiger partial charge on any atom is 0.332 e. The first-order chi connectivity index (χ1) is 9.07. The van der Waals surface area contributed by atoms with Gasteiger partial charge in [0.05, 0.1) is 5.69 Å². The Labute approximate surface area is 112 Å². The molecule has 1 saturated carbocycles. The van der Waals surface area contributed by atoms with Gasteiger partial charge in [0.15, 0.2) is 0 Å². The Hall–Kier alpha value is -1.81. The van der Waals surface area contributed by atoms with Gasteiger partial charge in [0.1, 0.15) is 0 Å². The van der Waals surface area contributed by atoms with E-state index in [0.717, 1.165) is 11.4 Å². The normalized spacial score (nSPS) is 16.6. The van der Waals surface area contributed by atoms with Crippen LogP contribution in [0.15, 0.2) is 35.3 Å². The molecule has 1 heterocycles. The molecule has 0 amide bonds. The molecule has 0 saturated heterocycles. The van der Waals surface area contributed by atoms with E-state index in [2.05, 4.69) is 12.1 Å². The molecule has 3 rings (SSSR count). The van der Waals surface area contributed by atoms with Gasteiger partial charge in [-0.25, -0.2) is 4.79 Å². The number of nitrogens with two attached hydrogens (primary N) is 1. The van der Waals surface area contributed by atoms with Gasteiger partial charge in [0.25, 0.3) is 0 Å². The largest absolute Gasteiger partial charge is 0.332 e. The van der Waals surface area contributed by atoms with Gasteiger partial charge in [-0.3, -0.25) is 4.57 Å². The van der Waals surface area contributed by atoms with Crippen LogP contribution in [-0.4, -0.2) is 15.7 Å². The van der Waals surface area contributed by atoms with Gasteiger partial charge in [-0.05, 0) is 37.5 Å². The topological polar surface area (TPSA) is 53.0 Å². The van der Waals surface area contributed by atoms with Crippen LogP contribution < -0.4 is 11.4 Å². The maximum absolute atomic E-state index is 12.0. The standard InChI is InChI=1S/C15H19N3O/c1-11-9-17(2)14(19)18(11)13-5-3-12(4-6-13)15(10-16)7-8-15/h3-6,9H,7-8,10,16H2,1-2H3. The van der Waals surface area contributed by atoms with E-state index in [4.69, 9.17) is 5.73 Å². The molecule has 1 aromatic heterocycles. The summed E-state index contributed by atoms with van der Waals surface area (Å²) in [5, 5.41) is 0. The Morgan fingerprint density at radius 1 is 1.26 bits per heavy atom. The van der Waals surface area contributed by atoms with E-state index in [1.54, 1.807) is 16.2 Å². The van der Waals surface area contributed by atoms with Crippen molar-refractivity contribution in [2.45, 2.75) is 25.2 Å². The smallest absolute Gasteiger partial charge is 0.330 e. The van der Waals surface area contributed by atoms with Crippen molar-refractivity contribution in [1.29, 1.82) is 0 Å². The van der Waals surface area contributed by atoms with Crippen molar-refractivity contribution in [1.82, 2.24) is 9.13 Å². The van der Waals surface area contributed by atoms with Crippen LogP contribution in [0.1, 0.15) is 24.1 Å². The van der Waals surface area contributed by atoms with Gasteiger partial charge in [-0.1, -0.05) is 12.1 Å². The number of aryl methyl sites for hydroxylation is 2. The van der Waals surface area contributed by atoms with Crippen LogP contribution in [-0.2, 0) is 12.5 Å². The minimum atomic E-state index is -0.00906.